The lowest BCUT2D eigenvalue weighted by Gasteiger charge is -2.29. The van der Waals surface area contributed by atoms with Crippen LogP contribution in [0.25, 0.3) is 6.08 Å². The SMILES string of the molecule is CCOP(=O)(OCC)C(C1=Cc2nnnn2CC(C)C1)c1ccccc1. The van der Waals surface area contributed by atoms with E-state index in [9.17, 15) is 4.57 Å². The summed E-state index contributed by atoms with van der Waals surface area (Å²) in [6, 6.07) is 9.76. The van der Waals surface area contributed by atoms with E-state index in [0.717, 1.165) is 24.1 Å². The van der Waals surface area contributed by atoms with Gasteiger partial charge in [0.25, 0.3) is 0 Å². The normalized spacial score (nSPS) is 18.7. The third kappa shape index (κ3) is 3.95. The van der Waals surface area contributed by atoms with E-state index in [2.05, 4.69) is 22.4 Å². The van der Waals surface area contributed by atoms with Gasteiger partial charge in [0.05, 0.1) is 13.2 Å². The summed E-state index contributed by atoms with van der Waals surface area (Å²) in [4.78, 5) is 0. The van der Waals surface area contributed by atoms with E-state index in [-0.39, 0.29) is 0 Å². The summed E-state index contributed by atoms with van der Waals surface area (Å²) in [5, 5.41) is 11.9. The quantitative estimate of drug-likeness (QED) is 0.677. The summed E-state index contributed by atoms with van der Waals surface area (Å²) >= 11 is 0. The molecule has 140 valence electrons. The van der Waals surface area contributed by atoms with Gasteiger partial charge in [-0.3, -0.25) is 4.57 Å². The topological polar surface area (TPSA) is 79.1 Å². The van der Waals surface area contributed by atoms with Crippen molar-refractivity contribution in [3.63, 3.8) is 0 Å². The Morgan fingerprint density at radius 3 is 2.58 bits per heavy atom. The van der Waals surface area contributed by atoms with Crippen molar-refractivity contribution in [1.82, 2.24) is 20.2 Å². The average Bonchev–Trinajstić information content (AvgIpc) is 2.96. The minimum atomic E-state index is -3.41. The minimum Gasteiger partial charge on any atom is -0.308 e. The summed E-state index contributed by atoms with van der Waals surface area (Å²) in [6.45, 7) is 7.16. The van der Waals surface area contributed by atoms with Crippen molar-refractivity contribution < 1.29 is 13.6 Å². The number of benzene rings is 1. The fourth-order valence-corrected chi connectivity index (χ4v) is 5.62. The third-order valence-electron chi connectivity index (χ3n) is 4.34. The largest absolute Gasteiger partial charge is 0.342 e. The maximum Gasteiger partial charge on any atom is 0.342 e. The molecule has 1 aliphatic heterocycles. The van der Waals surface area contributed by atoms with E-state index in [0.29, 0.717) is 25.0 Å². The molecule has 8 heteroatoms. The Labute approximate surface area is 153 Å². The molecule has 0 fully saturated rings. The lowest BCUT2D eigenvalue weighted by molar-refractivity contribution is 0.214. The molecular weight excluding hydrogens is 351 g/mol. The highest BCUT2D eigenvalue weighted by atomic mass is 31.2. The van der Waals surface area contributed by atoms with Crippen LogP contribution < -0.4 is 0 Å². The Morgan fingerprint density at radius 2 is 1.92 bits per heavy atom. The first-order valence-electron chi connectivity index (χ1n) is 8.97. The molecule has 0 radical (unpaired) electrons. The predicted molar refractivity (Wildman–Crippen MR) is 99.6 cm³/mol. The van der Waals surface area contributed by atoms with Crippen LogP contribution in [0.1, 0.15) is 44.2 Å². The zero-order valence-corrected chi connectivity index (χ0v) is 16.3. The van der Waals surface area contributed by atoms with Crippen LogP contribution in [0.15, 0.2) is 35.9 Å². The second kappa shape index (κ2) is 8.25. The molecule has 1 aliphatic rings. The molecule has 3 rings (SSSR count). The molecule has 2 heterocycles. The number of hydrogen-bond acceptors (Lipinski definition) is 6. The minimum absolute atomic E-state index is 0.300. The average molecular weight is 376 g/mol. The number of tetrazole rings is 1. The molecule has 0 spiro atoms. The molecule has 1 aromatic heterocycles. The van der Waals surface area contributed by atoms with Gasteiger partial charge >= 0.3 is 7.60 Å². The monoisotopic (exact) mass is 376 g/mol. The van der Waals surface area contributed by atoms with E-state index in [4.69, 9.17) is 9.05 Å². The van der Waals surface area contributed by atoms with Gasteiger partial charge in [-0.15, -0.1) is 5.10 Å². The van der Waals surface area contributed by atoms with Gasteiger partial charge in [0.1, 0.15) is 5.66 Å². The number of aromatic nitrogens is 4. The first-order chi connectivity index (χ1) is 12.6. The second-order valence-electron chi connectivity index (χ2n) is 6.44. The molecule has 0 amide bonds. The molecule has 1 aromatic carbocycles. The summed E-state index contributed by atoms with van der Waals surface area (Å²) < 4.78 is 27.0. The molecule has 26 heavy (non-hydrogen) atoms. The molecule has 0 saturated heterocycles. The molecule has 0 N–H and O–H groups in total. The van der Waals surface area contributed by atoms with Crippen LogP contribution in [0.2, 0.25) is 0 Å². The Balaban J connectivity index is 2.13. The molecule has 2 unspecified atom stereocenters. The van der Waals surface area contributed by atoms with Crippen molar-refractivity contribution in [2.75, 3.05) is 13.2 Å². The zero-order chi connectivity index (χ0) is 18.6. The molecule has 0 saturated carbocycles. The fraction of sp³-hybridized carbons (Fsp3) is 0.500. The van der Waals surface area contributed by atoms with Crippen molar-refractivity contribution in [3.8, 4) is 0 Å². The summed E-state index contributed by atoms with van der Waals surface area (Å²) in [5.74, 6) is 0.971. The molecule has 2 aromatic rings. The summed E-state index contributed by atoms with van der Waals surface area (Å²) in [5.41, 5.74) is 1.41. The van der Waals surface area contributed by atoms with E-state index < -0.39 is 13.3 Å². The van der Waals surface area contributed by atoms with E-state index in [1.54, 1.807) is 4.68 Å². The Bertz CT molecular complexity index is 796. The number of fused-ring (bicyclic) bond motifs is 1. The van der Waals surface area contributed by atoms with Crippen LogP contribution in [0.4, 0.5) is 0 Å². The van der Waals surface area contributed by atoms with Crippen molar-refractivity contribution >= 4 is 13.7 Å². The highest BCUT2D eigenvalue weighted by Crippen LogP contribution is 2.64. The fourth-order valence-electron chi connectivity index (χ4n) is 3.40. The maximum atomic E-state index is 13.7. The van der Waals surface area contributed by atoms with Gasteiger partial charge < -0.3 is 9.05 Å². The Kier molecular flexibility index (Phi) is 6.01. The standard InChI is InChI=1S/C18H25N4O3P/c1-4-24-26(23,25-5-2)18(15-9-7-6-8-10-15)16-11-14(3)13-22-17(12-16)19-20-21-22/h6-10,12,14,18H,4-5,11,13H2,1-3H3. The zero-order valence-electron chi connectivity index (χ0n) is 15.4. The van der Waals surface area contributed by atoms with Crippen LogP contribution in [-0.2, 0) is 20.2 Å². The van der Waals surface area contributed by atoms with Gasteiger partial charge in [0, 0.05) is 6.54 Å². The van der Waals surface area contributed by atoms with Crippen molar-refractivity contribution in [1.29, 1.82) is 0 Å². The predicted octanol–water partition coefficient (Wildman–Crippen LogP) is 4.10. The van der Waals surface area contributed by atoms with E-state index >= 15 is 0 Å². The third-order valence-corrected chi connectivity index (χ3v) is 6.84. The van der Waals surface area contributed by atoms with Crippen LogP contribution in [0, 0.1) is 5.92 Å². The number of rotatable bonds is 7. The molecule has 2 atom stereocenters. The van der Waals surface area contributed by atoms with Gasteiger partial charge in [0.2, 0.25) is 0 Å². The van der Waals surface area contributed by atoms with Crippen molar-refractivity contribution in [2.24, 2.45) is 5.92 Å². The van der Waals surface area contributed by atoms with Crippen LogP contribution in [0.3, 0.4) is 0 Å². The van der Waals surface area contributed by atoms with Crippen molar-refractivity contribution in [2.45, 2.75) is 39.4 Å². The Hall–Kier alpha value is -1.82. The van der Waals surface area contributed by atoms with Gasteiger partial charge in [-0.2, -0.15) is 0 Å². The molecular formula is C18H25N4O3P. The second-order valence-corrected chi connectivity index (χ2v) is 8.55. The van der Waals surface area contributed by atoms with Gasteiger partial charge in [-0.25, -0.2) is 4.68 Å². The van der Waals surface area contributed by atoms with Gasteiger partial charge in [0.15, 0.2) is 5.82 Å². The lowest BCUT2D eigenvalue weighted by Crippen LogP contribution is -2.12. The molecule has 0 aliphatic carbocycles. The smallest absolute Gasteiger partial charge is 0.308 e. The van der Waals surface area contributed by atoms with Crippen LogP contribution >= 0.6 is 7.60 Å². The first kappa shape index (κ1) is 19.0. The van der Waals surface area contributed by atoms with Gasteiger partial charge in [-0.05, 0) is 53.8 Å². The van der Waals surface area contributed by atoms with E-state index in [1.165, 1.54) is 0 Å². The molecule has 7 nitrogen and oxygen atoms in total. The highest BCUT2D eigenvalue weighted by Gasteiger charge is 2.40. The van der Waals surface area contributed by atoms with Crippen LogP contribution in [-0.4, -0.2) is 33.4 Å². The first-order valence-corrected chi connectivity index (χ1v) is 10.6. The highest BCUT2D eigenvalue weighted by molar-refractivity contribution is 7.54. The summed E-state index contributed by atoms with van der Waals surface area (Å²) in [7, 11) is -3.41. The van der Waals surface area contributed by atoms with Crippen LogP contribution in [0.5, 0.6) is 0 Å². The van der Waals surface area contributed by atoms with E-state index in [1.807, 2.05) is 50.3 Å². The lowest BCUT2D eigenvalue weighted by atomic mass is 9.95. The molecule has 0 bridgehead atoms. The van der Waals surface area contributed by atoms with Gasteiger partial charge in [-0.1, -0.05) is 37.3 Å². The summed E-state index contributed by atoms with van der Waals surface area (Å²) in [6.07, 6.45) is 2.70. The maximum absolute atomic E-state index is 13.7. The van der Waals surface area contributed by atoms with Crippen molar-refractivity contribution in [3.05, 3.63) is 47.3 Å². The Morgan fingerprint density at radius 1 is 1.23 bits per heavy atom. The number of nitrogens with zero attached hydrogens (tertiary/aromatic N) is 4. The number of hydrogen-bond donors (Lipinski definition) is 0. The number of allylic oxidation sites excluding steroid dienone is 1.